The number of fused-ring (bicyclic) bond motifs is 2. The Morgan fingerprint density at radius 3 is 2.52 bits per heavy atom. The second-order valence-electron chi connectivity index (χ2n) is 8.11. The van der Waals surface area contributed by atoms with Crippen molar-refractivity contribution < 1.29 is 19.0 Å². The van der Waals surface area contributed by atoms with Crippen molar-refractivity contribution in [3.05, 3.63) is 51.9 Å². The molecule has 7 heteroatoms. The van der Waals surface area contributed by atoms with Crippen LogP contribution >= 0.6 is 0 Å². The highest BCUT2D eigenvalue weighted by molar-refractivity contribution is 5.90. The molecule has 0 spiro atoms. The minimum absolute atomic E-state index is 0.156. The maximum atomic E-state index is 13.1. The normalized spacial score (nSPS) is 16.8. The van der Waals surface area contributed by atoms with Gasteiger partial charge in [0.15, 0.2) is 11.5 Å². The highest BCUT2D eigenvalue weighted by Crippen LogP contribution is 2.38. The smallest absolute Gasteiger partial charge is 0.344 e. The Labute approximate surface area is 180 Å². The van der Waals surface area contributed by atoms with Gasteiger partial charge in [0.2, 0.25) is 6.79 Å². The summed E-state index contributed by atoms with van der Waals surface area (Å²) < 4.78 is 16.7. The largest absolute Gasteiger partial charge is 0.507 e. The predicted octanol–water partition coefficient (Wildman–Crippen LogP) is 3.34. The van der Waals surface area contributed by atoms with E-state index in [1.807, 2.05) is 25.1 Å². The van der Waals surface area contributed by atoms with Crippen molar-refractivity contribution in [3.8, 4) is 28.4 Å². The van der Waals surface area contributed by atoms with E-state index in [0.29, 0.717) is 34.8 Å². The summed E-state index contributed by atoms with van der Waals surface area (Å²) in [4.78, 5) is 17.7. The van der Waals surface area contributed by atoms with Gasteiger partial charge in [0, 0.05) is 38.1 Å². The molecule has 2 aliphatic heterocycles. The zero-order valence-electron chi connectivity index (χ0n) is 17.8. The second kappa shape index (κ2) is 7.90. The molecule has 0 amide bonds. The summed E-state index contributed by atoms with van der Waals surface area (Å²) in [7, 11) is 0. The van der Waals surface area contributed by atoms with Gasteiger partial charge in [0.05, 0.1) is 11.1 Å². The third-order valence-corrected chi connectivity index (χ3v) is 6.37. The van der Waals surface area contributed by atoms with Crippen LogP contribution in [0.5, 0.6) is 17.2 Å². The molecule has 1 fully saturated rings. The Morgan fingerprint density at radius 1 is 1.00 bits per heavy atom. The molecule has 7 nitrogen and oxygen atoms in total. The van der Waals surface area contributed by atoms with Crippen LogP contribution in [0.3, 0.4) is 0 Å². The van der Waals surface area contributed by atoms with Crippen molar-refractivity contribution in [3.63, 3.8) is 0 Å². The quantitative estimate of drug-likeness (QED) is 0.647. The first-order valence-corrected chi connectivity index (χ1v) is 10.7. The number of rotatable bonds is 4. The van der Waals surface area contributed by atoms with Crippen LogP contribution in [0.25, 0.3) is 22.1 Å². The summed E-state index contributed by atoms with van der Waals surface area (Å²) in [6, 6.07) is 8.96. The standard InChI is InChI=1S/C24H26N2O5/c1-3-25-8-10-26(11-9-25)13-18-19(27)6-5-17-15(2)22(24(28)31-23(17)18)16-4-7-20-21(12-16)30-14-29-20/h4-7,12,27H,3,8-11,13-14H2,1-2H3. The Kier molecular flexibility index (Phi) is 5.08. The molecular weight excluding hydrogens is 396 g/mol. The van der Waals surface area contributed by atoms with Gasteiger partial charge in [-0.3, -0.25) is 4.90 Å². The van der Waals surface area contributed by atoms with Crippen LogP contribution in [0.1, 0.15) is 18.1 Å². The lowest BCUT2D eigenvalue weighted by Gasteiger charge is -2.34. The Morgan fingerprint density at radius 2 is 1.74 bits per heavy atom. The van der Waals surface area contributed by atoms with Crippen LogP contribution in [0.4, 0.5) is 0 Å². The van der Waals surface area contributed by atoms with E-state index < -0.39 is 5.63 Å². The maximum Gasteiger partial charge on any atom is 0.344 e. The number of phenolic OH excluding ortho intramolecular Hbond substituents is 1. The average molecular weight is 422 g/mol. The highest BCUT2D eigenvalue weighted by Gasteiger charge is 2.23. The van der Waals surface area contributed by atoms with Gasteiger partial charge in [-0.2, -0.15) is 0 Å². The van der Waals surface area contributed by atoms with Crippen LogP contribution in [0.2, 0.25) is 0 Å². The van der Waals surface area contributed by atoms with Crippen LogP contribution in [-0.2, 0) is 6.54 Å². The molecular formula is C24H26N2O5. The number of nitrogens with zero attached hydrogens (tertiary/aromatic N) is 2. The molecule has 31 heavy (non-hydrogen) atoms. The number of piperazine rings is 1. The predicted molar refractivity (Wildman–Crippen MR) is 118 cm³/mol. The Balaban J connectivity index is 1.55. The average Bonchev–Trinajstić information content (AvgIpc) is 3.24. The fraction of sp³-hybridized carbons (Fsp3) is 0.375. The molecule has 162 valence electrons. The van der Waals surface area contributed by atoms with Crippen molar-refractivity contribution in [1.82, 2.24) is 9.80 Å². The van der Waals surface area contributed by atoms with E-state index >= 15 is 0 Å². The number of benzene rings is 2. The SMILES string of the molecule is CCN1CCN(Cc2c(O)ccc3c(C)c(-c4ccc5c(c4)OCO5)c(=O)oc23)CC1. The first-order chi connectivity index (χ1) is 15.0. The summed E-state index contributed by atoms with van der Waals surface area (Å²) >= 11 is 0. The number of hydrogen-bond donors (Lipinski definition) is 1. The van der Waals surface area contributed by atoms with Gasteiger partial charge in [0.1, 0.15) is 11.3 Å². The number of likely N-dealkylation sites (N-methyl/N-ethyl adjacent to an activating group) is 1. The number of aromatic hydroxyl groups is 1. The van der Waals surface area contributed by atoms with Gasteiger partial charge in [0.25, 0.3) is 0 Å². The zero-order chi connectivity index (χ0) is 21.5. The van der Waals surface area contributed by atoms with Gasteiger partial charge < -0.3 is 23.9 Å². The third-order valence-electron chi connectivity index (χ3n) is 6.37. The first-order valence-electron chi connectivity index (χ1n) is 10.7. The van der Waals surface area contributed by atoms with Crippen LogP contribution < -0.4 is 15.1 Å². The summed E-state index contributed by atoms with van der Waals surface area (Å²) in [6.07, 6.45) is 0. The first kappa shape index (κ1) is 19.9. The van der Waals surface area contributed by atoms with Crippen LogP contribution in [0.15, 0.2) is 39.5 Å². The van der Waals surface area contributed by atoms with Gasteiger partial charge in [-0.05, 0) is 48.9 Å². The van der Waals surface area contributed by atoms with E-state index in [1.165, 1.54) is 0 Å². The lowest BCUT2D eigenvalue weighted by molar-refractivity contribution is 0.131. The molecule has 3 aromatic rings. The molecule has 2 aliphatic rings. The Hall–Kier alpha value is -3.03. The highest BCUT2D eigenvalue weighted by atomic mass is 16.7. The lowest BCUT2D eigenvalue weighted by Crippen LogP contribution is -2.45. The van der Waals surface area contributed by atoms with Gasteiger partial charge in [-0.1, -0.05) is 13.0 Å². The molecule has 0 unspecified atom stereocenters. The van der Waals surface area contributed by atoms with Crippen LogP contribution in [0, 0.1) is 6.92 Å². The third kappa shape index (κ3) is 3.54. The van der Waals surface area contributed by atoms with Gasteiger partial charge in [-0.15, -0.1) is 0 Å². The summed E-state index contributed by atoms with van der Waals surface area (Å²) in [5.74, 6) is 1.44. The zero-order valence-corrected chi connectivity index (χ0v) is 17.8. The molecule has 0 saturated carbocycles. The lowest BCUT2D eigenvalue weighted by atomic mass is 9.97. The van der Waals surface area contributed by atoms with Crippen molar-refractivity contribution in [2.75, 3.05) is 39.5 Å². The number of phenols is 1. The summed E-state index contributed by atoms with van der Waals surface area (Å²) in [5.41, 5.74) is 2.75. The maximum absolute atomic E-state index is 13.1. The fourth-order valence-corrected chi connectivity index (χ4v) is 4.49. The van der Waals surface area contributed by atoms with Crippen LogP contribution in [-0.4, -0.2) is 54.4 Å². The van der Waals surface area contributed by atoms with Gasteiger partial charge >= 0.3 is 5.63 Å². The molecule has 1 saturated heterocycles. The second-order valence-corrected chi connectivity index (χ2v) is 8.11. The van der Waals surface area contributed by atoms with Crippen molar-refractivity contribution in [2.24, 2.45) is 0 Å². The van der Waals surface area contributed by atoms with Crippen molar-refractivity contribution in [2.45, 2.75) is 20.4 Å². The topological polar surface area (TPSA) is 75.4 Å². The molecule has 3 heterocycles. The summed E-state index contributed by atoms with van der Waals surface area (Å²) in [5, 5.41) is 11.4. The Bertz CT molecular complexity index is 1190. The molecule has 0 bridgehead atoms. The molecule has 5 rings (SSSR count). The number of ether oxygens (including phenoxy) is 2. The number of hydrogen-bond acceptors (Lipinski definition) is 7. The minimum atomic E-state index is -0.425. The van der Waals surface area contributed by atoms with Crippen molar-refractivity contribution in [1.29, 1.82) is 0 Å². The molecule has 1 N–H and O–H groups in total. The van der Waals surface area contributed by atoms with Gasteiger partial charge in [-0.25, -0.2) is 4.79 Å². The van der Waals surface area contributed by atoms with E-state index in [0.717, 1.165) is 49.2 Å². The minimum Gasteiger partial charge on any atom is -0.507 e. The molecule has 1 aromatic heterocycles. The molecule has 0 radical (unpaired) electrons. The summed E-state index contributed by atoms with van der Waals surface area (Å²) in [6.45, 7) is 9.69. The molecule has 0 atom stereocenters. The van der Waals surface area contributed by atoms with E-state index in [-0.39, 0.29) is 12.5 Å². The van der Waals surface area contributed by atoms with E-state index in [2.05, 4.69) is 16.7 Å². The molecule has 2 aromatic carbocycles. The van der Waals surface area contributed by atoms with E-state index in [1.54, 1.807) is 12.1 Å². The van der Waals surface area contributed by atoms with Crippen molar-refractivity contribution >= 4 is 11.0 Å². The van der Waals surface area contributed by atoms with E-state index in [9.17, 15) is 9.90 Å². The number of aryl methyl sites for hydroxylation is 1. The van der Waals surface area contributed by atoms with E-state index in [4.69, 9.17) is 13.9 Å². The molecule has 0 aliphatic carbocycles. The fourth-order valence-electron chi connectivity index (χ4n) is 4.49. The monoisotopic (exact) mass is 422 g/mol.